The van der Waals surface area contributed by atoms with Crippen LogP contribution in [0.3, 0.4) is 0 Å². The number of aromatic nitrogens is 1. The van der Waals surface area contributed by atoms with Crippen LogP contribution < -0.4 is 5.32 Å². The maximum atomic E-state index is 12.4. The van der Waals surface area contributed by atoms with E-state index in [1.807, 2.05) is 24.3 Å². The number of halogens is 4. The molecular formula is C13H10BrF3N2. The van der Waals surface area contributed by atoms with Crippen LogP contribution >= 0.6 is 15.9 Å². The Hall–Kier alpha value is -1.56. The highest BCUT2D eigenvalue weighted by molar-refractivity contribution is 9.10. The van der Waals surface area contributed by atoms with E-state index in [9.17, 15) is 13.2 Å². The van der Waals surface area contributed by atoms with E-state index in [0.29, 0.717) is 12.4 Å². The number of anilines is 1. The van der Waals surface area contributed by atoms with E-state index in [1.165, 1.54) is 6.07 Å². The standard InChI is InChI=1S/C13H10BrF3N2/c14-11-4-2-1-3-9(11)7-18-12-6-5-10(8-19-12)13(15,16)17/h1-6,8H,7H2,(H,18,19). The Labute approximate surface area is 116 Å². The molecule has 0 fully saturated rings. The third kappa shape index (κ3) is 3.70. The van der Waals surface area contributed by atoms with Crippen molar-refractivity contribution in [2.24, 2.45) is 0 Å². The molecule has 1 heterocycles. The zero-order valence-electron chi connectivity index (χ0n) is 9.71. The Morgan fingerprint density at radius 1 is 1.11 bits per heavy atom. The zero-order chi connectivity index (χ0) is 13.9. The first-order valence-corrected chi connectivity index (χ1v) is 6.26. The van der Waals surface area contributed by atoms with Crippen molar-refractivity contribution >= 4 is 21.7 Å². The van der Waals surface area contributed by atoms with Gasteiger partial charge in [0.05, 0.1) is 5.56 Å². The Morgan fingerprint density at radius 2 is 1.84 bits per heavy atom. The second-order valence-electron chi connectivity index (χ2n) is 3.87. The SMILES string of the molecule is FC(F)(F)c1ccc(NCc2ccccc2Br)nc1. The van der Waals surface area contributed by atoms with Gasteiger partial charge >= 0.3 is 6.18 Å². The molecule has 1 aromatic carbocycles. The fourth-order valence-electron chi connectivity index (χ4n) is 1.49. The molecule has 0 aliphatic heterocycles. The summed E-state index contributed by atoms with van der Waals surface area (Å²) in [5.41, 5.74) is 0.253. The van der Waals surface area contributed by atoms with Crippen LogP contribution in [0.1, 0.15) is 11.1 Å². The molecule has 6 heteroatoms. The molecular weight excluding hydrogens is 321 g/mol. The Kier molecular flexibility index (Phi) is 4.09. The van der Waals surface area contributed by atoms with Gasteiger partial charge in [-0.2, -0.15) is 13.2 Å². The van der Waals surface area contributed by atoms with E-state index < -0.39 is 11.7 Å². The average molecular weight is 331 g/mol. The molecule has 1 aromatic heterocycles. The molecule has 0 saturated heterocycles. The second-order valence-corrected chi connectivity index (χ2v) is 4.73. The summed E-state index contributed by atoms with van der Waals surface area (Å²) in [6, 6.07) is 9.93. The fourth-order valence-corrected chi connectivity index (χ4v) is 1.92. The van der Waals surface area contributed by atoms with E-state index in [1.54, 1.807) is 0 Å². The third-order valence-corrected chi connectivity index (χ3v) is 3.28. The predicted molar refractivity (Wildman–Crippen MR) is 70.7 cm³/mol. The maximum absolute atomic E-state index is 12.4. The van der Waals surface area contributed by atoms with Gasteiger partial charge in [-0.1, -0.05) is 34.1 Å². The summed E-state index contributed by atoms with van der Waals surface area (Å²) in [7, 11) is 0. The number of hydrogen-bond acceptors (Lipinski definition) is 2. The van der Waals surface area contributed by atoms with E-state index in [2.05, 4.69) is 26.2 Å². The number of benzene rings is 1. The zero-order valence-corrected chi connectivity index (χ0v) is 11.3. The molecule has 100 valence electrons. The topological polar surface area (TPSA) is 24.9 Å². The van der Waals surface area contributed by atoms with E-state index in [-0.39, 0.29) is 0 Å². The summed E-state index contributed by atoms with van der Waals surface area (Å²) >= 11 is 3.40. The van der Waals surface area contributed by atoms with Crippen LogP contribution in [0.2, 0.25) is 0 Å². The van der Waals surface area contributed by atoms with Gasteiger partial charge in [0.15, 0.2) is 0 Å². The van der Waals surface area contributed by atoms with Crippen molar-refractivity contribution < 1.29 is 13.2 Å². The summed E-state index contributed by atoms with van der Waals surface area (Å²) in [6.45, 7) is 0.486. The van der Waals surface area contributed by atoms with Crippen LogP contribution in [0, 0.1) is 0 Å². The Balaban J connectivity index is 2.03. The second kappa shape index (κ2) is 5.61. The minimum atomic E-state index is -4.35. The van der Waals surface area contributed by atoms with Gasteiger partial charge in [0.25, 0.3) is 0 Å². The summed E-state index contributed by atoms with van der Waals surface area (Å²) < 4.78 is 38.0. The molecule has 0 unspecified atom stereocenters. The van der Waals surface area contributed by atoms with Gasteiger partial charge in [-0.05, 0) is 23.8 Å². The largest absolute Gasteiger partial charge is 0.417 e. The number of alkyl halides is 3. The van der Waals surface area contributed by atoms with Crippen molar-refractivity contribution in [2.45, 2.75) is 12.7 Å². The number of nitrogens with one attached hydrogen (secondary N) is 1. The molecule has 2 rings (SSSR count). The molecule has 0 atom stereocenters. The molecule has 0 saturated carbocycles. The van der Waals surface area contributed by atoms with Gasteiger partial charge in [0.1, 0.15) is 5.82 Å². The first kappa shape index (κ1) is 13.9. The van der Waals surface area contributed by atoms with E-state index >= 15 is 0 Å². The van der Waals surface area contributed by atoms with Gasteiger partial charge in [0.2, 0.25) is 0 Å². The highest BCUT2D eigenvalue weighted by atomic mass is 79.9. The average Bonchev–Trinajstić information content (AvgIpc) is 2.37. The van der Waals surface area contributed by atoms with Crippen LogP contribution in [0.25, 0.3) is 0 Å². The summed E-state index contributed by atoms with van der Waals surface area (Å²) in [6.07, 6.45) is -3.53. The smallest absolute Gasteiger partial charge is 0.366 e. The van der Waals surface area contributed by atoms with Crippen LogP contribution in [0.4, 0.5) is 19.0 Å². The molecule has 0 aliphatic rings. The van der Waals surface area contributed by atoms with E-state index in [4.69, 9.17) is 0 Å². The van der Waals surface area contributed by atoms with Crippen molar-refractivity contribution in [1.82, 2.24) is 4.98 Å². The summed E-state index contributed by atoms with van der Waals surface area (Å²) in [5, 5.41) is 2.97. The van der Waals surface area contributed by atoms with Crippen molar-refractivity contribution in [1.29, 1.82) is 0 Å². The van der Waals surface area contributed by atoms with Crippen molar-refractivity contribution in [3.63, 3.8) is 0 Å². The molecule has 2 aromatic rings. The van der Waals surface area contributed by atoms with E-state index in [0.717, 1.165) is 22.3 Å². The number of rotatable bonds is 3. The summed E-state index contributed by atoms with van der Waals surface area (Å²) in [4.78, 5) is 3.74. The molecule has 19 heavy (non-hydrogen) atoms. The lowest BCUT2D eigenvalue weighted by Crippen LogP contribution is -2.07. The lowest BCUT2D eigenvalue weighted by Gasteiger charge is -2.09. The van der Waals surface area contributed by atoms with Gasteiger partial charge in [-0.15, -0.1) is 0 Å². The van der Waals surface area contributed by atoms with Crippen molar-refractivity contribution in [3.05, 3.63) is 58.2 Å². The molecule has 0 spiro atoms. The normalized spacial score (nSPS) is 11.4. The fraction of sp³-hybridized carbons (Fsp3) is 0.154. The predicted octanol–water partition coefficient (Wildman–Crippen LogP) is 4.48. The molecule has 1 N–H and O–H groups in total. The minimum absolute atomic E-state index is 0.406. The van der Waals surface area contributed by atoms with Crippen LogP contribution in [-0.4, -0.2) is 4.98 Å². The highest BCUT2D eigenvalue weighted by Crippen LogP contribution is 2.29. The van der Waals surface area contributed by atoms with Crippen LogP contribution in [0.15, 0.2) is 47.1 Å². The highest BCUT2D eigenvalue weighted by Gasteiger charge is 2.30. The lowest BCUT2D eigenvalue weighted by atomic mass is 10.2. The maximum Gasteiger partial charge on any atom is 0.417 e. The number of pyridine rings is 1. The minimum Gasteiger partial charge on any atom is -0.366 e. The molecule has 2 nitrogen and oxygen atoms in total. The third-order valence-electron chi connectivity index (χ3n) is 2.51. The Bertz CT molecular complexity index is 553. The van der Waals surface area contributed by atoms with Crippen LogP contribution in [-0.2, 0) is 12.7 Å². The first-order valence-electron chi connectivity index (χ1n) is 5.47. The van der Waals surface area contributed by atoms with Gasteiger partial charge in [0, 0.05) is 17.2 Å². The molecule has 0 radical (unpaired) electrons. The quantitative estimate of drug-likeness (QED) is 0.897. The van der Waals surface area contributed by atoms with Gasteiger partial charge in [-0.25, -0.2) is 4.98 Å². The number of nitrogens with zero attached hydrogens (tertiary/aromatic N) is 1. The van der Waals surface area contributed by atoms with Gasteiger partial charge < -0.3 is 5.32 Å². The van der Waals surface area contributed by atoms with Crippen LogP contribution in [0.5, 0.6) is 0 Å². The molecule has 0 bridgehead atoms. The molecule has 0 amide bonds. The van der Waals surface area contributed by atoms with Gasteiger partial charge in [-0.3, -0.25) is 0 Å². The summed E-state index contributed by atoms with van der Waals surface area (Å²) in [5.74, 6) is 0.406. The first-order chi connectivity index (χ1) is 8.97. The number of hydrogen-bond donors (Lipinski definition) is 1. The van der Waals surface area contributed by atoms with Crippen molar-refractivity contribution in [2.75, 3.05) is 5.32 Å². The lowest BCUT2D eigenvalue weighted by molar-refractivity contribution is -0.137. The Morgan fingerprint density at radius 3 is 2.42 bits per heavy atom. The molecule has 0 aliphatic carbocycles. The van der Waals surface area contributed by atoms with Crippen molar-refractivity contribution in [3.8, 4) is 0 Å². The monoisotopic (exact) mass is 330 g/mol.